The highest BCUT2D eigenvalue weighted by Crippen LogP contribution is 2.22. The number of para-hydroxylation sites is 1. The Bertz CT molecular complexity index is 554. The molecule has 0 atom stereocenters. The quantitative estimate of drug-likeness (QED) is 0.807. The maximum absolute atomic E-state index is 13.3. The summed E-state index contributed by atoms with van der Waals surface area (Å²) in [6.07, 6.45) is 2.12. The zero-order valence-corrected chi connectivity index (χ0v) is 11.7. The average Bonchev–Trinajstić information content (AvgIpc) is 2.42. The number of hydrogen-bond acceptors (Lipinski definition) is 1. The fourth-order valence-corrected chi connectivity index (χ4v) is 2.25. The lowest BCUT2D eigenvalue weighted by molar-refractivity contribution is 0.626. The van der Waals surface area contributed by atoms with Gasteiger partial charge in [-0.2, -0.15) is 0 Å². The highest BCUT2D eigenvalue weighted by atomic mass is 35.5. The van der Waals surface area contributed by atoms with E-state index in [1.165, 1.54) is 11.6 Å². The summed E-state index contributed by atoms with van der Waals surface area (Å²) in [6, 6.07) is 13.1. The Morgan fingerprint density at radius 1 is 1.05 bits per heavy atom. The molecule has 1 nitrogen and oxygen atoms in total. The van der Waals surface area contributed by atoms with Crippen LogP contribution in [0.25, 0.3) is 0 Å². The molecule has 0 bridgehead atoms. The molecule has 0 aliphatic carbocycles. The maximum atomic E-state index is 13.3. The minimum Gasteiger partial charge on any atom is -0.381 e. The van der Waals surface area contributed by atoms with Gasteiger partial charge in [0.25, 0.3) is 0 Å². The van der Waals surface area contributed by atoms with Crippen LogP contribution in [-0.2, 0) is 13.0 Å². The number of hydrogen-bond donors (Lipinski definition) is 1. The third-order valence-electron chi connectivity index (χ3n) is 3.04. The standard InChI is InChI=1S/C16H17ClFN/c1-2-6-12-7-3-4-10-15(12)19-11-13-8-5-9-14(18)16(13)17/h3-5,7-10,19H,2,6,11H2,1H3. The highest BCUT2D eigenvalue weighted by molar-refractivity contribution is 6.31. The Kier molecular flexibility index (Phi) is 4.80. The molecule has 2 aromatic rings. The molecule has 0 heterocycles. The predicted octanol–water partition coefficient (Wildman–Crippen LogP) is 5.04. The first kappa shape index (κ1) is 13.9. The van der Waals surface area contributed by atoms with Crippen LogP contribution in [-0.4, -0.2) is 0 Å². The highest BCUT2D eigenvalue weighted by Gasteiger charge is 2.06. The van der Waals surface area contributed by atoms with Crippen LogP contribution in [0, 0.1) is 5.82 Å². The Labute approximate surface area is 118 Å². The van der Waals surface area contributed by atoms with E-state index in [1.54, 1.807) is 6.07 Å². The second-order valence-corrected chi connectivity index (χ2v) is 4.85. The molecular weight excluding hydrogens is 261 g/mol. The molecule has 0 aliphatic heterocycles. The van der Waals surface area contributed by atoms with Crippen LogP contribution in [0.1, 0.15) is 24.5 Å². The molecule has 1 N–H and O–H groups in total. The second-order valence-electron chi connectivity index (χ2n) is 4.47. The van der Waals surface area contributed by atoms with Crippen molar-refractivity contribution in [1.29, 1.82) is 0 Å². The van der Waals surface area contributed by atoms with Crippen molar-refractivity contribution in [2.45, 2.75) is 26.3 Å². The van der Waals surface area contributed by atoms with Gasteiger partial charge in [-0.15, -0.1) is 0 Å². The number of aryl methyl sites for hydroxylation is 1. The molecule has 3 heteroatoms. The van der Waals surface area contributed by atoms with Gasteiger partial charge in [0.05, 0.1) is 5.02 Å². The molecule has 0 aliphatic rings. The van der Waals surface area contributed by atoms with E-state index in [9.17, 15) is 4.39 Å². The first-order valence-corrected chi connectivity index (χ1v) is 6.85. The Morgan fingerprint density at radius 2 is 1.79 bits per heavy atom. The van der Waals surface area contributed by atoms with Crippen LogP contribution in [0.15, 0.2) is 42.5 Å². The molecule has 0 fully saturated rings. The molecule has 100 valence electrons. The number of nitrogens with one attached hydrogen (secondary N) is 1. The van der Waals surface area contributed by atoms with Gasteiger partial charge >= 0.3 is 0 Å². The van der Waals surface area contributed by atoms with Gasteiger partial charge in [0.15, 0.2) is 0 Å². The summed E-state index contributed by atoms with van der Waals surface area (Å²) in [4.78, 5) is 0. The number of halogens is 2. The fraction of sp³-hybridized carbons (Fsp3) is 0.250. The molecule has 19 heavy (non-hydrogen) atoms. The predicted molar refractivity (Wildman–Crippen MR) is 79.2 cm³/mol. The molecule has 0 saturated heterocycles. The number of rotatable bonds is 5. The summed E-state index contributed by atoms with van der Waals surface area (Å²) >= 11 is 5.95. The first-order valence-electron chi connectivity index (χ1n) is 6.47. The zero-order chi connectivity index (χ0) is 13.7. The normalized spacial score (nSPS) is 10.5. The van der Waals surface area contributed by atoms with Gasteiger partial charge in [-0.05, 0) is 29.7 Å². The van der Waals surface area contributed by atoms with E-state index in [0.29, 0.717) is 6.54 Å². The molecule has 0 amide bonds. The van der Waals surface area contributed by atoms with E-state index in [-0.39, 0.29) is 10.8 Å². The van der Waals surface area contributed by atoms with Crippen molar-refractivity contribution < 1.29 is 4.39 Å². The number of anilines is 1. The Balaban J connectivity index is 2.12. The molecular formula is C16H17ClFN. The minimum atomic E-state index is -0.372. The Morgan fingerprint density at radius 3 is 2.58 bits per heavy atom. The van der Waals surface area contributed by atoms with E-state index in [4.69, 9.17) is 11.6 Å². The van der Waals surface area contributed by atoms with E-state index in [1.807, 2.05) is 24.3 Å². The average molecular weight is 278 g/mol. The third-order valence-corrected chi connectivity index (χ3v) is 3.46. The van der Waals surface area contributed by atoms with Gasteiger partial charge in [0.1, 0.15) is 5.82 Å². The third kappa shape index (κ3) is 3.48. The lowest BCUT2D eigenvalue weighted by Crippen LogP contribution is -2.03. The molecule has 2 rings (SSSR count). The van der Waals surface area contributed by atoms with Crippen LogP contribution in [0.2, 0.25) is 5.02 Å². The van der Waals surface area contributed by atoms with E-state index >= 15 is 0 Å². The van der Waals surface area contributed by atoms with Crippen molar-refractivity contribution in [1.82, 2.24) is 0 Å². The smallest absolute Gasteiger partial charge is 0.142 e. The van der Waals surface area contributed by atoms with Crippen LogP contribution in [0.4, 0.5) is 10.1 Å². The first-order chi connectivity index (χ1) is 9.22. The van der Waals surface area contributed by atoms with Gasteiger partial charge in [-0.1, -0.05) is 55.3 Å². The molecule has 0 spiro atoms. The topological polar surface area (TPSA) is 12.0 Å². The van der Waals surface area contributed by atoms with Crippen molar-refractivity contribution >= 4 is 17.3 Å². The summed E-state index contributed by atoms with van der Waals surface area (Å²) in [5.74, 6) is -0.372. The molecule has 0 saturated carbocycles. The Hall–Kier alpha value is -1.54. The minimum absolute atomic E-state index is 0.197. The second kappa shape index (κ2) is 6.58. The van der Waals surface area contributed by atoms with Gasteiger partial charge in [-0.25, -0.2) is 4.39 Å². The van der Waals surface area contributed by atoms with Crippen molar-refractivity contribution in [3.8, 4) is 0 Å². The van der Waals surface area contributed by atoms with Gasteiger partial charge in [-0.3, -0.25) is 0 Å². The molecule has 2 aromatic carbocycles. The summed E-state index contributed by atoms with van der Waals surface area (Å²) in [5, 5.41) is 3.53. The number of benzene rings is 2. The van der Waals surface area contributed by atoms with Gasteiger partial charge in [0.2, 0.25) is 0 Å². The molecule has 0 radical (unpaired) electrons. The lowest BCUT2D eigenvalue weighted by Gasteiger charge is -2.12. The van der Waals surface area contributed by atoms with Crippen molar-refractivity contribution in [2.24, 2.45) is 0 Å². The van der Waals surface area contributed by atoms with Crippen molar-refractivity contribution in [2.75, 3.05) is 5.32 Å². The van der Waals surface area contributed by atoms with Crippen LogP contribution < -0.4 is 5.32 Å². The van der Waals surface area contributed by atoms with Gasteiger partial charge < -0.3 is 5.32 Å². The summed E-state index contributed by atoms with van der Waals surface area (Å²) in [5.41, 5.74) is 3.13. The van der Waals surface area contributed by atoms with Gasteiger partial charge in [0, 0.05) is 12.2 Å². The summed E-state index contributed by atoms with van der Waals surface area (Å²) in [7, 11) is 0. The monoisotopic (exact) mass is 277 g/mol. The fourth-order valence-electron chi connectivity index (χ4n) is 2.06. The molecule has 0 unspecified atom stereocenters. The van der Waals surface area contributed by atoms with E-state index in [0.717, 1.165) is 24.1 Å². The maximum Gasteiger partial charge on any atom is 0.142 e. The summed E-state index contributed by atoms with van der Waals surface area (Å²) in [6.45, 7) is 2.68. The van der Waals surface area contributed by atoms with Crippen LogP contribution in [0.3, 0.4) is 0 Å². The van der Waals surface area contributed by atoms with E-state index < -0.39 is 0 Å². The van der Waals surface area contributed by atoms with Crippen molar-refractivity contribution in [3.63, 3.8) is 0 Å². The lowest BCUT2D eigenvalue weighted by atomic mass is 10.1. The van der Waals surface area contributed by atoms with Crippen molar-refractivity contribution in [3.05, 3.63) is 64.4 Å². The zero-order valence-electron chi connectivity index (χ0n) is 10.9. The van der Waals surface area contributed by atoms with Crippen LogP contribution in [0.5, 0.6) is 0 Å². The summed E-state index contributed by atoms with van der Waals surface area (Å²) < 4.78 is 13.3. The van der Waals surface area contributed by atoms with Crippen LogP contribution >= 0.6 is 11.6 Å². The largest absolute Gasteiger partial charge is 0.381 e. The van der Waals surface area contributed by atoms with E-state index in [2.05, 4.69) is 18.3 Å². The SMILES string of the molecule is CCCc1ccccc1NCc1cccc(F)c1Cl. The molecule has 0 aromatic heterocycles.